The molecule has 1 aromatic carbocycles. The van der Waals surface area contributed by atoms with Crippen LogP contribution in [0.5, 0.6) is 5.88 Å². The van der Waals surface area contributed by atoms with Crippen LogP contribution in [0.25, 0.3) is 0 Å². The average Bonchev–Trinajstić information content (AvgIpc) is 2.59. The van der Waals surface area contributed by atoms with E-state index < -0.39 is 6.09 Å². The number of amides is 1. The van der Waals surface area contributed by atoms with Crippen LogP contribution < -0.4 is 10.1 Å². The van der Waals surface area contributed by atoms with Crippen molar-refractivity contribution in [1.82, 2.24) is 14.9 Å². The molecule has 1 fully saturated rings. The van der Waals surface area contributed by atoms with Crippen LogP contribution in [0.4, 0.5) is 20.7 Å². The Morgan fingerprint density at radius 1 is 1.32 bits per heavy atom. The Balaban J connectivity index is 1.62. The molecule has 8 heteroatoms. The molecule has 0 bridgehead atoms. The van der Waals surface area contributed by atoms with Crippen molar-refractivity contribution in [3.05, 3.63) is 42.0 Å². The van der Waals surface area contributed by atoms with Crippen LogP contribution in [0.15, 0.2) is 30.6 Å². The van der Waals surface area contributed by atoms with Gasteiger partial charge in [0.25, 0.3) is 0 Å². The monoisotopic (exact) mass is 346 g/mol. The number of rotatable bonds is 4. The molecule has 7 nitrogen and oxygen atoms in total. The van der Waals surface area contributed by atoms with Gasteiger partial charge in [0.2, 0.25) is 5.88 Å². The van der Waals surface area contributed by atoms with E-state index in [1.807, 2.05) is 0 Å². The molecule has 2 aromatic rings. The van der Waals surface area contributed by atoms with Gasteiger partial charge in [-0.1, -0.05) is 6.07 Å². The fraction of sp³-hybridized carbons (Fsp3) is 0.353. The van der Waals surface area contributed by atoms with Gasteiger partial charge >= 0.3 is 6.09 Å². The van der Waals surface area contributed by atoms with E-state index >= 15 is 0 Å². The maximum Gasteiger partial charge on any atom is 0.407 e. The van der Waals surface area contributed by atoms with Crippen molar-refractivity contribution in [3.8, 4) is 5.88 Å². The average molecular weight is 346 g/mol. The summed E-state index contributed by atoms with van der Waals surface area (Å²) in [6, 6.07) is 6.50. The molecule has 0 spiro atoms. The van der Waals surface area contributed by atoms with Crippen molar-refractivity contribution in [1.29, 1.82) is 0 Å². The lowest BCUT2D eigenvalue weighted by Gasteiger charge is -2.29. The lowest BCUT2D eigenvalue weighted by molar-refractivity contribution is 0.0870. The Morgan fingerprint density at radius 2 is 2.08 bits per heavy atom. The second kappa shape index (κ2) is 7.33. The summed E-state index contributed by atoms with van der Waals surface area (Å²) in [7, 11) is 0. The summed E-state index contributed by atoms with van der Waals surface area (Å²) < 4.78 is 19.4. The van der Waals surface area contributed by atoms with E-state index in [4.69, 9.17) is 9.84 Å². The van der Waals surface area contributed by atoms with E-state index in [-0.39, 0.29) is 11.9 Å². The van der Waals surface area contributed by atoms with Crippen molar-refractivity contribution in [2.24, 2.45) is 0 Å². The van der Waals surface area contributed by atoms with Crippen molar-refractivity contribution in [3.63, 3.8) is 0 Å². The number of benzene rings is 1. The van der Waals surface area contributed by atoms with E-state index in [1.54, 1.807) is 25.1 Å². The Labute approximate surface area is 144 Å². The van der Waals surface area contributed by atoms with Gasteiger partial charge in [-0.15, -0.1) is 0 Å². The number of piperidine rings is 1. The molecule has 2 heterocycles. The number of carboxylic acid groups (broad SMARTS) is 1. The first-order valence-corrected chi connectivity index (χ1v) is 8.01. The summed E-state index contributed by atoms with van der Waals surface area (Å²) >= 11 is 0. The first-order valence-electron chi connectivity index (χ1n) is 8.01. The number of hydrogen-bond donors (Lipinski definition) is 2. The Hall–Kier alpha value is -2.90. The number of nitrogens with one attached hydrogen (secondary N) is 1. The molecule has 1 aromatic heterocycles. The molecule has 1 aliphatic rings. The number of carbonyl (C=O) groups is 1. The number of hydrogen-bond acceptors (Lipinski definition) is 5. The summed E-state index contributed by atoms with van der Waals surface area (Å²) in [5.41, 5.74) is 1.16. The third-order valence-electron chi connectivity index (χ3n) is 4.09. The maximum absolute atomic E-state index is 13.6. The van der Waals surface area contributed by atoms with E-state index in [9.17, 15) is 9.18 Å². The molecule has 0 saturated carbocycles. The van der Waals surface area contributed by atoms with E-state index in [0.29, 0.717) is 48.9 Å². The normalized spacial score (nSPS) is 15.0. The van der Waals surface area contributed by atoms with Crippen molar-refractivity contribution in [2.45, 2.75) is 25.9 Å². The van der Waals surface area contributed by atoms with Gasteiger partial charge in [0, 0.05) is 37.7 Å². The third kappa shape index (κ3) is 4.34. The van der Waals surface area contributed by atoms with Crippen LogP contribution in [0.3, 0.4) is 0 Å². The Bertz CT molecular complexity index is 763. The highest BCUT2D eigenvalue weighted by molar-refractivity contribution is 5.65. The summed E-state index contributed by atoms with van der Waals surface area (Å²) in [5, 5.41) is 12.0. The highest BCUT2D eigenvalue weighted by atomic mass is 19.1. The van der Waals surface area contributed by atoms with Gasteiger partial charge in [-0.3, -0.25) is 0 Å². The molecule has 25 heavy (non-hydrogen) atoms. The number of likely N-dealkylation sites (tertiary alicyclic amines) is 1. The van der Waals surface area contributed by atoms with Gasteiger partial charge in [-0.05, 0) is 24.6 Å². The van der Waals surface area contributed by atoms with Crippen LogP contribution in [-0.4, -0.2) is 45.3 Å². The maximum atomic E-state index is 13.6. The lowest BCUT2D eigenvalue weighted by Crippen LogP contribution is -2.41. The summed E-state index contributed by atoms with van der Waals surface area (Å²) in [6.45, 7) is 2.59. The van der Waals surface area contributed by atoms with Gasteiger partial charge in [0.15, 0.2) is 0 Å². The first kappa shape index (κ1) is 16.9. The molecule has 0 atom stereocenters. The Morgan fingerprint density at radius 3 is 2.76 bits per heavy atom. The number of anilines is 2. The zero-order valence-electron chi connectivity index (χ0n) is 13.8. The molecule has 0 radical (unpaired) electrons. The second-order valence-electron chi connectivity index (χ2n) is 5.92. The molecule has 0 unspecified atom stereocenters. The first-order chi connectivity index (χ1) is 12.0. The highest BCUT2D eigenvalue weighted by Gasteiger charge is 2.23. The van der Waals surface area contributed by atoms with E-state index in [0.717, 1.165) is 0 Å². The Kier molecular flexibility index (Phi) is 4.97. The molecular weight excluding hydrogens is 327 g/mol. The molecule has 1 amide bonds. The topological polar surface area (TPSA) is 87.6 Å². The van der Waals surface area contributed by atoms with Crippen LogP contribution in [0, 0.1) is 12.7 Å². The fourth-order valence-electron chi connectivity index (χ4n) is 2.63. The molecule has 1 aliphatic heterocycles. The van der Waals surface area contributed by atoms with Gasteiger partial charge in [0.05, 0.1) is 0 Å². The highest BCUT2D eigenvalue weighted by Crippen LogP contribution is 2.22. The van der Waals surface area contributed by atoms with Gasteiger partial charge in [-0.2, -0.15) is 0 Å². The molecule has 132 valence electrons. The minimum Gasteiger partial charge on any atom is -0.474 e. The zero-order valence-corrected chi connectivity index (χ0v) is 13.8. The summed E-state index contributed by atoms with van der Waals surface area (Å²) in [4.78, 5) is 20.5. The zero-order chi connectivity index (χ0) is 17.8. The minimum atomic E-state index is -0.905. The van der Waals surface area contributed by atoms with Gasteiger partial charge < -0.3 is 20.1 Å². The minimum absolute atomic E-state index is 0.0878. The van der Waals surface area contributed by atoms with Crippen LogP contribution in [0.2, 0.25) is 0 Å². The standard InChI is InChI=1S/C17H19FN4O3/c1-11-2-3-12(8-14(11)18)21-15-9-16(20-10-19-15)25-13-4-6-22(7-5-13)17(23)24/h2-3,8-10,13H,4-7H2,1H3,(H,23,24)(H,19,20,21). The van der Waals surface area contributed by atoms with Crippen LogP contribution in [-0.2, 0) is 0 Å². The molecular formula is C17H19FN4O3. The molecule has 0 aliphatic carbocycles. The lowest BCUT2D eigenvalue weighted by atomic mass is 10.1. The fourth-order valence-corrected chi connectivity index (χ4v) is 2.63. The number of nitrogens with zero attached hydrogens (tertiary/aromatic N) is 3. The van der Waals surface area contributed by atoms with Crippen LogP contribution in [0.1, 0.15) is 18.4 Å². The molecule has 3 rings (SSSR count). The molecule has 2 N–H and O–H groups in total. The third-order valence-corrected chi connectivity index (χ3v) is 4.09. The summed E-state index contributed by atoms with van der Waals surface area (Å²) in [6.07, 6.45) is 1.60. The van der Waals surface area contributed by atoms with Crippen molar-refractivity contribution < 1.29 is 19.0 Å². The van der Waals surface area contributed by atoms with Crippen molar-refractivity contribution in [2.75, 3.05) is 18.4 Å². The predicted molar refractivity (Wildman–Crippen MR) is 89.7 cm³/mol. The van der Waals surface area contributed by atoms with E-state index in [2.05, 4.69) is 15.3 Å². The summed E-state index contributed by atoms with van der Waals surface area (Å²) in [5.74, 6) is 0.607. The SMILES string of the molecule is Cc1ccc(Nc2cc(OC3CCN(C(=O)O)CC3)ncn2)cc1F. The smallest absolute Gasteiger partial charge is 0.407 e. The van der Waals surface area contributed by atoms with Crippen LogP contribution >= 0.6 is 0 Å². The number of aromatic nitrogens is 2. The number of aryl methyl sites for hydroxylation is 1. The largest absolute Gasteiger partial charge is 0.474 e. The molecule has 1 saturated heterocycles. The number of ether oxygens (including phenoxy) is 1. The van der Waals surface area contributed by atoms with Gasteiger partial charge in [0.1, 0.15) is 24.1 Å². The van der Waals surface area contributed by atoms with Gasteiger partial charge in [-0.25, -0.2) is 19.2 Å². The quantitative estimate of drug-likeness (QED) is 0.884. The van der Waals surface area contributed by atoms with Crippen molar-refractivity contribution >= 4 is 17.6 Å². The van der Waals surface area contributed by atoms with E-state index in [1.165, 1.54) is 17.3 Å². The second-order valence-corrected chi connectivity index (χ2v) is 5.92. The predicted octanol–water partition coefficient (Wildman–Crippen LogP) is 3.19. The number of halogens is 1.